The first kappa shape index (κ1) is 18.2. The van der Waals surface area contributed by atoms with Gasteiger partial charge in [-0.3, -0.25) is 4.79 Å². The normalized spacial score (nSPS) is 24.3. The minimum atomic E-state index is -0.211. The molecule has 2 saturated heterocycles. The zero-order chi connectivity index (χ0) is 15.4. The number of carbonyl (C=O) groups is 1. The van der Waals surface area contributed by atoms with E-state index >= 15 is 0 Å². The molecule has 1 N–H and O–H groups in total. The molecular weight excluding hydrogens is 319 g/mol. The van der Waals surface area contributed by atoms with Crippen LogP contribution in [0.15, 0.2) is 24.3 Å². The molecule has 1 aromatic rings. The van der Waals surface area contributed by atoms with Crippen molar-refractivity contribution in [1.82, 2.24) is 10.2 Å². The zero-order valence-electron chi connectivity index (χ0n) is 13.2. The summed E-state index contributed by atoms with van der Waals surface area (Å²) in [6.07, 6.45) is 3.24. The lowest BCUT2D eigenvalue weighted by Crippen LogP contribution is -2.46. The van der Waals surface area contributed by atoms with Crippen LogP contribution >= 0.6 is 12.4 Å². The molecule has 2 aliphatic heterocycles. The Hall–Kier alpha value is -1.17. The first-order valence-corrected chi connectivity index (χ1v) is 8.07. The number of hydrogen-bond acceptors (Lipinski definition) is 3. The Kier molecular flexibility index (Phi) is 6.81. The molecule has 128 valence electrons. The molecule has 2 atom stereocenters. The van der Waals surface area contributed by atoms with Gasteiger partial charge in [-0.25, -0.2) is 4.39 Å². The SMILES string of the molecule is Cl.O=C(CC1COCCN1)N1CCCC1Cc1cccc(F)c1. The number of likely N-dealkylation sites (tertiary alicyclic amines) is 1. The number of ether oxygens (including phenoxy) is 1. The number of hydrogen-bond donors (Lipinski definition) is 1. The van der Waals surface area contributed by atoms with Crippen molar-refractivity contribution < 1.29 is 13.9 Å². The molecule has 2 fully saturated rings. The third-order valence-electron chi connectivity index (χ3n) is 4.48. The lowest BCUT2D eigenvalue weighted by Gasteiger charge is -2.29. The Morgan fingerprint density at radius 2 is 2.30 bits per heavy atom. The molecule has 4 nitrogen and oxygen atoms in total. The molecule has 0 aromatic heterocycles. The molecule has 0 bridgehead atoms. The van der Waals surface area contributed by atoms with Gasteiger partial charge >= 0.3 is 0 Å². The number of rotatable bonds is 4. The fourth-order valence-electron chi connectivity index (χ4n) is 3.39. The lowest BCUT2D eigenvalue weighted by molar-refractivity contribution is -0.133. The third kappa shape index (κ3) is 4.90. The highest BCUT2D eigenvalue weighted by Gasteiger charge is 2.30. The van der Waals surface area contributed by atoms with E-state index in [4.69, 9.17) is 4.74 Å². The maximum atomic E-state index is 13.3. The van der Waals surface area contributed by atoms with Gasteiger partial charge in [0, 0.05) is 31.6 Å². The first-order valence-electron chi connectivity index (χ1n) is 8.07. The summed E-state index contributed by atoms with van der Waals surface area (Å²) < 4.78 is 18.7. The van der Waals surface area contributed by atoms with Crippen LogP contribution in [0.1, 0.15) is 24.8 Å². The predicted molar refractivity (Wildman–Crippen MR) is 89.3 cm³/mol. The molecule has 3 rings (SSSR count). The van der Waals surface area contributed by atoms with Crippen LogP contribution in [0.5, 0.6) is 0 Å². The number of nitrogens with one attached hydrogen (secondary N) is 1. The summed E-state index contributed by atoms with van der Waals surface area (Å²) >= 11 is 0. The molecule has 0 spiro atoms. The first-order chi connectivity index (χ1) is 10.7. The van der Waals surface area contributed by atoms with E-state index < -0.39 is 0 Å². The number of amides is 1. The third-order valence-corrected chi connectivity index (χ3v) is 4.48. The van der Waals surface area contributed by atoms with Crippen LogP contribution in [0.25, 0.3) is 0 Å². The summed E-state index contributed by atoms with van der Waals surface area (Å²) in [6.45, 7) is 2.95. The minimum absolute atomic E-state index is 0. The van der Waals surface area contributed by atoms with Crippen LogP contribution < -0.4 is 5.32 Å². The molecule has 2 heterocycles. The average molecular weight is 343 g/mol. The van der Waals surface area contributed by atoms with Gasteiger partial charge in [-0.2, -0.15) is 0 Å². The van der Waals surface area contributed by atoms with Crippen LogP contribution in [0.4, 0.5) is 4.39 Å². The molecule has 1 aromatic carbocycles. The molecule has 2 aliphatic rings. The molecule has 1 amide bonds. The Morgan fingerprint density at radius 3 is 3.04 bits per heavy atom. The van der Waals surface area contributed by atoms with Crippen molar-refractivity contribution in [2.75, 3.05) is 26.3 Å². The highest BCUT2D eigenvalue weighted by Crippen LogP contribution is 2.23. The Bertz CT molecular complexity index is 523. The van der Waals surface area contributed by atoms with Crippen molar-refractivity contribution in [3.8, 4) is 0 Å². The Balaban J connectivity index is 0.00000192. The number of carbonyl (C=O) groups excluding carboxylic acids is 1. The Labute approximate surface area is 142 Å². The van der Waals surface area contributed by atoms with Crippen LogP contribution in [0, 0.1) is 5.82 Å². The van der Waals surface area contributed by atoms with Gasteiger partial charge in [0.25, 0.3) is 0 Å². The van der Waals surface area contributed by atoms with Gasteiger partial charge in [0.1, 0.15) is 5.82 Å². The van der Waals surface area contributed by atoms with Crippen molar-refractivity contribution in [3.05, 3.63) is 35.6 Å². The van der Waals surface area contributed by atoms with E-state index in [9.17, 15) is 9.18 Å². The highest BCUT2D eigenvalue weighted by molar-refractivity contribution is 5.85. The molecule has 0 saturated carbocycles. The Morgan fingerprint density at radius 1 is 1.43 bits per heavy atom. The fourth-order valence-corrected chi connectivity index (χ4v) is 3.39. The van der Waals surface area contributed by atoms with Gasteiger partial charge in [0.15, 0.2) is 0 Å². The van der Waals surface area contributed by atoms with Crippen molar-refractivity contribution in [2.24, 2.45) is 0 Å². The van der Waals surface area contributed by atoms with Gasteiger partial charge in [0.05, 0.1) is 13.2 Å². The van der Waals surface area contributed by atoms with E-state index in [2.05, 4.69) is 5.32 Å². The molecule has 6 heteroatoms. The van der Waals surface area contributed by atoms with Crippen LogP contribution in [-0.4, -0.2) is 49.2 Å². The van der Waals surface area contributed by atoms with Crippen LogP contribution in [0.2, 0.25) is 0 Å². The van der Waals surface area contributed by atoms with Gasteiger partial charge in [0.2, 0.25) is 5.91 Å². The van der Waals surface area contributed by atoms with E-state index in [1.54, 1.807) is 12.1 Å². The van der Waals surface area contributed by atoms with Crippen molar-refractivity contribution in [3.63, 3.8) is 0 Å². The van der Waals surface area contributed by atoms with Crippen LogP contribution in [0.3, 0.4) is 0 Å². The fraction of sp³-hybridized carbons (Fsp3) is 0.588. The zero-order valence-corrected chi connectivity index (χ0v) is 14.0. The maximum Gasteiger partial charge on any atom is 0.224 e. The van der Waals surface area contributed by atoms with Crippen molar-refractivity contribution in [1.29, 1.82) is 0 Å². The van der Waals surface area contributed by atoms with E-state index in [0.29, 0.717) is 13.0 Å². The van der Waals surface area contributed by atoms with Gasteiger partial charge < -0.3 is 15.0 Å². The second-order valence-electron chi connectivity index (χ2n) is 6.15. The van der Waals surface area contributed by atoms with E-state index in [1.807, 2.05) is 11.0 Å². The van der Waals surface area contributed by atoms with E-state index in [1.165, 1.54) is 6.07 Å². The predicted octanol–water partition coefficient (Wildman–Crippen LogP) is 2.16. The average Bonchev–Trinajstić information content (AvgIpc) is 2.96. The standard InChI is InChI=1S/C17H23FN2O2.ClH/c18-14-4-1-3-13(9-14)10-16-5-2-7-20(16)17(21)11-15-12-22-8-6-19-15;/h1,3-4,9,15-16,19H,2,5-8,10-12H2;1H. The van der Waals surface area contributed by atoms with Gasteiger partial charge in [-0.15, -0.1) is 12.4 Å². The smallest absolute Gasteiger partial charge is 0.224 e. The molecule has 2 unspecified atom stereocenters. The summed E-state index contributed by atoms with van der Waals surface area (Å²) in [7, 11) is 0. The van der Waals surface area contributed by atoms with E-state index in [-0.39, 0.29) is 36.2 Å². The number of morpholine rings is 1. The van der Waals surface area contributed by atoms with Crippen molar-refractivity contribution >= 4 is 18.3 Å². The minimum Gasteiger partial charge on any atom is -0.378 e. The highest BCUT2D eigenvalue weighted by atomic mass is 35.5. The van der Waals surface area contributed by atoms with Gasteiger partial charge in [-0.1, -0.05) is 12.1 Å². The molecule has 0 radical (unpaired) electrons. The summed E-state index contributed by atoms with van der Waals surface area (Å²) in [5.41, 5.74) is 0.962. The molecule has 0 aliphatic carbocycles. The number of benzene rings is 1. The summed E-state index contributed by atoms with van der Waals surface area (Å²) in [6, 6.07) is 7.00. The van der Waals surface area contributed by atoms with Gasteiger partial charge in [-0.05, 0) is 37.0 Å². The quantitative estimate of drug-likeness (QED) is 0.911. The largest absolute Gasteiger partial charge is 0.378 e. The summed E-state index contributed by atoms with van der Waals surface area (Å²) in [5.74, 6) is -0.0289. The summed E-state index contributed by atoms with van der Waals surface area (Å²) in [5, 5.41) is 3.32. The van der Waals surface area contributed by atoms with E-state index in [0.717, 1.165) is 44.5 Å². The van der Waals surface area contributed by atoms with Crippen molar-refractivity contribution in [2.45, 2.75) is 37.8 Å². The second-order valence-corrected chi connectivity index (χ2v) is 6.15. The second kappa shape index (κ2) is 8.62. The molecular formula is C17H24ClFN2O2. The van der Waals surface area contributed by atoms with Crippen LogP contribution in [-0.2, 0) is 16.0 Å². The number of halogens is 2. The molecule has 23 heavy (non-hydrogen) atoms. The number of nitrogens with zero attached hydrogens (tertiary/aromatic N) is 1. The maximum absolute atomic E-state index is 13.3. The topological polar surface area (TPSA) is 41.6 Å². The summed E-state index contributed by atoms with van der Waals surface area (Å²) in [4.78, 5) is 14.5. The lowest BCUT2D eigenvalue weighted by atomic mass is 10.0. The monoisotopic (exact) mass is 342 g/mol.